The van der Waals surface area contributed by atoms with Crippen LogP contribution in [0.5, 0.6) is 0 Å². The molecule has 1 aliphatic rings. The molecule has 0 aromatic heterocycles. The number of esters is 1. The molecule has 0 saturated heterocycles. The maximum atomic E-state index is 11.9. The van der Waals surface area contributed by atoms with Crippen molar-refractivity contribution >= 4 is 5.97 Å². The van der Waals surface area contributed by atoms with Crippen LogP contribution in [0.25, 0.3) is 0 Å². The zero-order valence-electron chi connectivity index (χ0n) is 17.3. The number of carbonyl (C=O) groups excluding carboxylic acids is 1. The highest BCUT2D eigenvalue weighted by molar-refractivity contribution is 5.82. The van der Waals surface area contributed by atoms with Gasteiger partial charge in [0.1, 0.15) is 6.10 Å². The summed E-state index contributed by atoms with van der Waals surface area (Å²) in [4.78, 5) is 11.9. The second-order valence-electron chi connectivity index (χ2n) is 8.44. The minimum Gasteiger partial charge on any atom is -0.455 e. The van der Waals surface area contributed by atoms with Gasteiger partial charge in [0.25, 0.3) is 0 Å². The Hall–Kier alpha value is -1.09. The summed E-state index contributed by atoms with van der Waals surface area (Å²) in [6, 6.07) is 0. The van der Waals surface area contributed by atoms with E-state index < -0.39 is 0 Å². The SMILES string of the molecule is CC1=CC(C)(C)CCC1OC(=O)/C=C/CCCCCCCCCCCO. The van der Waals surface area contributed by atoms with E-state index in [0.717, 1.165) is 38.5 Å². The van der Waals surface area contributed by atoms with Crippen LogP contribution in [0.3, 0.4) is 0 Å². The second kappa shape index (κ2) is 13.1. The van der Waals surface area contributed by atoms with E-state index in [1.54, 1.807) is 6.08 Å². The summed E-state index contributed by atoms with van der Waals surface area (Å²) in [5.41, 5.74) is 1.40. The lowest BCUT2D eigenvalue weighted by atomic mass is 9.79. The number of unbranched alkanes of at least 4 members (excludes halogenated alkanes) is 9. The fourth-order valence-electron chi connectivity index (χ4n) is 3.63. The Morgan fingerprint density at radius 1 is 1.12 bits per heavy atom. The maximum Gasteiger partial charge on any atom is 0.331 e. The molecule has 0 aliphatic heterocycles. The normalized spacial score (nSPS) is 19.5. The predicted octanol–water partition coefficient (Wildman–Crippen LogP) is 6.11. The number of ether oxygens (including phenoxy) is 1. The third kappa shape index (κ3) is 10.8. The largest absolute Gasteiger partial charge is 0.455 e. The quantitative estimate of drug-likeness (QED) is 0.185. The number of aliphatic hydroxyl groups is 1. The molecule has 0 radical (unpaired) electrons. The van der Waals surface area contributed by atoms with Gasteiger partial charge in [0.15, 0.2) is 0 Å². The molecular weight excluding hydrogens is 324 g/mol. The van der Waals surface area contributed by atoms with Crippen molar-refractivity contribution in [2.24, 2.45) is 5.41 Å². The molecule has 1 atom stereocenters. The van der Waals surface area contributed by atoms with Crippen molar-refractivity contribution < 1.29 is 14.6 Å². The molecule has 3 heteroatoms. The summed E-state index contributed by atoms with van der Waals surface area (Å²) < 4.78 is 5.59. The molecule has 1 aliphatic carbocycles. The van der Waals surface area contributed by atoms with Crippen LogP contribution in [0.2, 0.25) is 0 Å². The first-order chi connectivity index (χ1) is 12.4. The van der Waals surface area contributed by atoms with Gasteiger partial charge >= 0.3 is 5.97 Å². The number of carbonyl (C=O) groups is 1. The van der Waals surface area contributed by atoms with Crippen LogP contribution in [0.15, 0.2) is 23.8 Å². The maximum absolute atomic E-state index is 11.9. The van der Waals surface area contributed by atoms with Gasteiger partial charge in [-0.25, -0.2) is 4.79 Å². The summed E-state index contributed by atoms with van der Waals surface area (Å²) in [5.74, 6) is -0.203. The van der Waals surface area contributed by atoms with Gasteiger partial charge < -0.3 is 9.84 Å². The number of rotatable bonds is 13. The Labute approximate surface area is 160 Å². The van der Waals surface area contributed by atoms with Crippen LogP contribution in [0, 0.1) is 5.41 Å². The number of aliphatic hydroxyl groups excluding tert-OH is 1. The Balaban J connectivity index is 2.02. The summed E-state index contributed by atoms with van der Waals surface area (Å²) in [7, 11) is 0. The summed E-state index contributed by atoms with van der Waals surface area (Å²) in [5, 5.41) is 8.72. The molecule has 0 spiro atoms. The highest BCUT2D eigenvalue weighted by Gasteiger charge is 2.27. The molecule has 0 amide bonds. The van der Waals surface area contributed by atoms with Crippen molar-refractivity contribution in [1.82, 2.24) is 0 Å². The standard InChI is InChI=1S/C23H40O3/c1-20-19-23(2,3)17-16-21(20)26-22(25)15-13-11-9-7-5-4-6-8-10-12-14-18-24/h13,15,19,21,24H,4-12,14,16-18H2,1-3H3/b15-13+. The van der Waals surface area contributed by atoms with Crippen molar-refractivity contribution in [1.29, 1.82) is 0 Å². The van der Waals surface area contributed by atoms with E-state index in [9.17, 15) is 4.79 Å². The van der Waals surface area contributed by atoms with Gasteiger partial charge in [0.05, 0.1) is 0 Å². The van der Waals surface area contributed by atoms with Gasteiger partial charge in [0, 0.05) is 12.7 Å². The topological polar surface area (TPSA) is 46.5 Å². The molecule has 1 N–H and O–H groups in total. The van der Waals surface area contributed by atoms with Gasteiger partial charge in [-0.3, -0.25) is 0 Å². The number of hydrogen-bond donors (Lipinski definition) is 1. The van der Waals surface area contributed by atoms with Crippen LogP contribution >= 0.6 is 0 Å². The van der Waals surface area contributed by atoms with Gasteiger partial charge in [-0.15, -0.1) is 0 Å². The van der Waals surface area contributed by atoms with Gasteiger partial charge in [-0.05, 0) is 50.0 Å². The van der Waals surface area contributed by atoms with E-state index in [0.29, 0.717) is 6.61 Å². The first kappa shape index (κ1) is 23.0. The molecule has 1 unspecified atom stereocenters. The van der Waals surface area contributed by atoms with E-state index >= 15 is 0 Å². The Kier molecular flexibility index (Phi) is 11.6. The number of allylic oxidation sites excluding steroid dienone is 2. The van der Waals surface area contributed by atoms with Crippen molar-refractivity contribution in [3.63, 3.8) is 0 Å². The predicted molar refractivity (Wildman–Crippen MR) is 109 cm³/mol. The Morgan fingerprint density at radius 2 is 1.69 bits per heavy atom. The lowest BCUT2D eigenvalue weighted by Crippen LogP contribution is -2.26. The summed E-state index contributed by atoms with van der Waals surface area (Å²) >= 11 is 0. The van der Waals surface area contributed by atoms with Crippen LogP contribution in [-0.2, 0) is 9.53 Å². The highest BCUT2D eigenvalue weighted by Crippen LogP contribution is 2.34. The van der Waals surface area contributed by atoms with E-state index in [1.807, 2.05) is 6.08 Å². The van der Waals surface area contributed by atoms with E-state index in [-0.39, 0.29) is 17.5 Å². The lowest BCUT2D eigenvalue weighted by Gasteiger charge is -2.31. The monoisotopic (exact) mass is 364 g/mol. The summed E-state index contributed by atoms with van der Waals surface area (Å²) in [6.07, 6.45) is 19.6. The van der Waals surface area contributed by atoms with Crippen molar-refractivity contribution in [3.05, 3.63) is 23.8 Å². The molecule has 1 rings (SSSR count). The van der Waals surface area contributed by atoms with E-state index in [2.05, 4.69) is 26.8 Å². The minimum atomic E-state index is -0.203. The molecule has 0 heterocycles. The van der Waals surface area contributed by atoms with Gasteiger partial charge in [0.2, 0.25) is 0 Å². The van der Waals surface area contributed by atoms with Gasteiger partial charge in [-0.1, -0.05) is 70.9 Å². The first-order valence-electron chi connectivity index (χ1n) is 10.6. The lowest BCUT2D eigenvalue weighted by molar-refractivity contribution is -0.142. The average molecular weight is 365 g/mol. The minimum absolute atomic E-state index is 0.0439. The van der Waals surface area contributed by atoms with E-state index in [1.165, 1.54) is 44.1 Å². The molecule has 0 aromatic carbocycles. The van der Waals surface area contributed by atoms with Gasteiger partial charge in [-0.2, -0.15) is 0 Å². The zero-order valence-corrected chi connectivity index (χ0v) is 17.3. The highest BCUT2D eigenvalue weighted by atomic mass is 16.5. The molecule has 0 fully saturated rings. The van der Waals surface area contributed by atoms with Crippen molar-refractivity contribution in [2.45, 2.75) is 104 Å². The molecule has 0 saturated carbocycles. The fourth-order valence-corrected chi connectivity index (χ4v) is 3.63. The van der Waals surface area contributed by atoms with Crippen LogP contribution in [0.1, 0.15) is 97.8 Å². The van der Waals surface area contributed by atoms with Crippen LogP contribution in [0.4, 0.5) is 0 Å². The second-order valence-corrected chi connectivity index (χ2v) is 8.44. The molecule has 0 bridgehead atoms. The third-order valence-corrected chi connectivity index (χ3v) is 5.22. The van der Waals surface area contributed by atoms with Crippen LogP contribution < -0.4 is 0 Å². The van der Waals surface area contributed by atoms with E-state index in [4.69, 9.17) is 9.84 Å². The van der Waals surface area contributed by atoms with Crippen molar-refractivity contribution in [2.75, 3.05) is 6.61 Å². The molecule has 150 valence electrons. The fraction of sp³-hybridized carbons (Fsp3) is 0.783. The zero-order chi connectivity index (χ0) is 19.3. The smallest absolute Gasteiger partial charge is 0.331 e. The third-order valence-electron chi connectivity index (χ3n) is 5.22. The number of hydrogen-bond acceptors (Lipinski definition) is 3. The Bertz CT molecular complexity index is 448. The van der Waals surface area contributed by atoms with Crippen LogP contribution in [-0.4, -0.2) is 23.8 Å². The Morgan fingerprint density at radius 3 is 2.27 bits per heavy atom. The molecule has 26 heavy (non-hydrogen) atoms. The molecule has 3 nitrogen and oxygen atoms in total. The molecular formula is C23H40O3. The molecule has 0 aromatic rings. The average Bonchev–Trinajstić information content (AvgIpc) is 2.58. The summed E-state index contributed by atoms with van der Waals surface area (Å²) in [6.45, 7) is 6.85. The van der Waals surface area contributed by atoms with Crippen molar-refractivity contribution in [3.8, 4) is 0 Å². The first-order valence-corrected chi connectivity index (χ1v) is 10.6.